The van der Waals surface area contributed by atoms with E-state index >= 15 is 0 Å². The molecule has 0 saturated carbocycles. The van der Waals surface area contributed by atoms with Gasteiger partial charge in [0, 0.05) is 19.6 Å². The molecule has 1 aliphatic rings. The smallest absolute Gasteiger partial charge is 0.101 e. The van der Waals surface area contributed by atoms with Crippen molar-refractivity contribution < 1.29 is 0 Å². The average molecular weight is 257 g/mol. The maximum absolute atomic E-state index is 9.26. The molecule has 0 aliphatic carbocycles. The Hall–Kier alpha value is -1.53. The van der Waals surface area contributed by atoms with Gasteiger partial charge in [0.25, 0.3) is 0 Å². The van der Waals surface area contributed by atoms with E-state index in [1.54, 1.807) is 0 Å². The van der Waals surface area contributed by atoms with Gasteiger partial charge in [-0.3, -0.25) is 0 Å². The van der Waals surface area contributed by atoms with Crippen molar-refractivity contribution in [3.63, 3.8) is 0 Å². The lowest BCUT2D eigenvalue weighted by atomic mass is 9.95. The van der Waals surface area contributed by atoms with Gasteiger partial charge in [-0.1, -0.05) is 6.07 Å². The quantitative estimate of drug-likeness (QED) is 0.834. The number of nitriles is 1. The monoisotopic (exact) mass is 257 g/mol. The fraction of sp³-hybridized carbons (Fsp3) is 0.562. The van der Waals surface area contributed by atoms with E-state index in [-0.39, 0.29) is 0 Å². The van der Waals surface area contributed by atoms with Crippen LogP contribution in [0, 0.1) is 24.2 Å². The van der Waals surface area contributed by atoms with E-state index in [0.29, 0.717) is 0 Å². The maximum atomic E-state index is 9.26. The molecule has 102 valence electrons. The summed E-state index contributed by atoms with van der Waals surface area (Å²) < 4.78 is 0. The predicted molar refractivity (Wildman–Crippen MR) is 79.4 cm³/mol. The molecule has 1 heterocycles. The molecule has 1 saturated heterocycles. The summed E-state index contributed by atoms with van der Waals surface area (Å²) in [5, 5.41) is 9.26. The highest BCUT2D eigenvalue weighted by Gasteiger charge is 2.21. The van der Waals surface area contributed by atoms with Crippen molar-refractivity contribution in [3.8, 4) is 6.07 Å². The van der Waals surface area contributed by atoms with Gasteiger partial charge in [-0.2, -0.15) is 5.26 Å². The van der Waals surface area contributed by atoms with Gasteiger partial charge in [0.2, 0.25) is 0 Å². The van der Waals surface area contributed by atoms with Crippen LogP contribution in [0.25, 0.3) is 0 Å². The van der Waals surface area contributed by atoms with Crippen LogP contribution in [0.1, 0.15) is 24.0 Å². The van der Waals surface area contributed by atoms with Crippen LogP contribution < -0.4 is 4.90 Å². The SMILES string of the molecule is Cc1ccc(N2CCC(CN(C)C)CC2)c(C#N)c1. The summed E-state index contributed by atoms with van der Waals surface area (Å²) in [7, 11) is 4.28. The van der Waals surface area contributed by atoms with Gasteiger partial charge >= 0.3 is 0 Å². The van der Waals surface area contributed by atoms with E-state index in [1.165, 1.54) is 19.4 Å². The largest absolute Gasteiger partial charge is 0.370 e. The molecule has 3 nitrogen and oxygen atoms in total. The third-order valence-electron chi connectivity index (χ3n) is 3.85. The van der Waals surface area contributed by atoms with E-state index in [2.05, 4.69) is 42.1 Å². The Labute approximate surface area is 116 Å². The topological polar surface area (TPSA) is 30.3 Å². The summed E-state index contributed by atoms with van der Waals surface area (Å²) in [6, 6.07) is 8.51. The minimum Gasteiger partial charge on any atom is -0.370 e. The highest BCUT2D eigenvalue weighted by Crippen LogP contribution is 2.27. The van der Waals surface area contributed by atoms with Crippen LogP contribution in [0.2, 0.25) is 0 Å². The molecule has 19 heavy (non-hydrogen) atoms. The van der Waals surface area contributed by atoms with E-state index < -0.39 is 0 Å². The van der Waals surface area contributed by atoms with Crippen molar-refractivity contribution in [2.75, 3.05) is 38.6 Å². The lowest BCUT2D eigenvalue weighted by molar-refractivity contribution is 0.285. The molecular formula is C16H23N3. The summed E-state index contributed by atoms with van der Waals surface area (Å²) in [6.07, 6.45) is 2.44. The second kappa shape index (κ2) is 6.08. The molecule has 1 aromatic rings. The minimum absolute atomic E-state index is 0.794. The van der Waals surface area contributed by atoms with Crippen LogP contribution in [0.15, 0.2) is 18.2 Å². The third kappa shape index (κ3) is 3.48. The van der Waals surface area contributed by atoms with Crippen LogP contribution in [-0.2, 0) is 0 Å². The minimum atomic E-state index is 0.794. The van der Waals surface area contributed by atoms with Gasteiger partial charge in [0.15, 0.2) is 0 Å². The fourth-order valence-electron chi connectivity index (χ4n) is 2.89. The Morgan fingerprint density at radius 3 is 2.58 bits per heavy atom. The van der Waals surface area contributed by atoms with Gasteiger partial charge < -0.3 is 9.80 Å². The first-order valence-electron chi connectivity index (χ1n) is 7.00. The van der Waals surface area contributed by atoms with Crippen molar-refractivity contribution in [1.82, 2.24) is 4.90 Å². The molecule has 0 amide bonds. The number of rotatable bonds is 3. The molecule has 1 fully saturated rings. The first-order valence-corrected chi connectivity index (χ1v) is 7.00. The molecule has 3 heteroatoms. The Morgan fingerprint density at radius 2 is 2.00 bits per heavy atom. The van der Waals surface area contributed by atoms with Crippen LogP contribution in [-0.4, -0.2) is 38.6 Å². The molecule has 0 N–H and O–H groups in total. The molecule has 0 radical (unpaired) electrons. The first kappa shape index (κ1) is 13.9. The van der Waals surface area contributed by atoms with Gasteiger partial charge in [0.05, 0.1) is 11.3 Å². The summed E-state index contributed by atoms with van der Waals surface area (Å²) >= 11 is 0. The number of benzene rings is 1. The zero-order valence-electron chi connectivity index (χ0n) is 12.2. The van der Waals surface area contributed by atoms with E-state index in [0.717, 1.165) is 35.8 Å². The maximum Gasteiger partial charge on any atom is 0.101 e. The number of piperidine rings is 1. The molecular weight excluding hydrogens is 234 g/mol. The van der Waals surface area contributed by atoms with Crippen LogP contribution in [0.5, 0.6) is 0 Å². The van der Waals surface area contributed by atoms with Crippen LogP contribution in [0.4, 0.5) is 5.69 Å². The molecule has 0 spiro atoms. The molecule has 0 aromatic heterocycles. The molecule has 0 unspecified atom stereocenters. The van der Waals surface area contributed by atoms with Gasteiger partial charge in [-0.05, 0) is 57.5 Å². The van der Waals surface area contributed by atoms with Crippen molar-refractivity contribution in [3.05, 3.63) is 29.3 Å². The normalized spacial score (nSPS) is 16.7. The zero-order chi connectivity index (χ0) is 13.8. The van der Waals surface area contributed by atoms with E-state index in [9.17, 15) is 5.26 Å². The Morgan fingerprint density at radius 1 is 1.32 bits per heavy atom. The number of aryl methyl sites for hydroxylation is 1. The second-order valence-electron chi connectivity index (χ2n) is 5.83. The molecule has 1 aliphatic heterocycles. The number of anilines is 1. The van der Waals surface area contributed by atoms with Crippen molar-refractivity contribution >= 4 is 5.69 Å². The lowest BCUT2D eigenvalue weighted by Gasteiger charge is -2.35. The number of hydrogen-bond donors (Lipinski definition) is 0. The summed E-state index contributed by atoms with van der Waals surface area (Å²) in [5.74, 6) is 0.794. The van der Waals surface area contributed by atoms with Gasteiger partial charge in [-0.15, -0.1) is 0 Å². The second-order valence-corrected chi connectivity index (χ2v) is 5.83. The average Bonchev–Trinajstić information content (AvgIpc) is 2.39. The Bertz CT molecular complexity index is 465. The van der Waals surface area contributed by atoms with Gasteiger partial charge in [0.1, 0.15) is 6.07 Å². The fourth-order valence-corrected chi connectivity index (χ4v) is 2.89. The van der Waals surface area contributed by atoms with Gasteiger partial charge in [-0.25, -0.2) is 0 Å². The van der Waals surface area contributed by atoms with Crippen LogP contribution in [0.3, 0.4) is 0 Å². The number of nitrogens with zero attached hydrogens (tertiary/aromatic N) is 3. The molecule has 0 atom stereocenters. The molecule has 0 bridgehead atoms. The number of hydrogen-bond acceptors (Lipinski definition) is 3. The Kier molecular flexibility index (Phi) is 4.44. The summed E-state index contributed by atoms with van der Waals surface area (Å²) in [4.78, 5) is 4.64. The zero-order valence-corrected chi connectivity index (χ0v) is 12.2. The van der Waals surface area contributed by atoms with Crippen molar-refractivity contribution in [2.24, 2.45) is 5.92 Å². The lowest BCUT2D eigenvalue weighted by Crippen LogP contribution is -2.37. The highest BCUT2D eigenvalue weighted by molar-refractivity contribution is 5.60. The summed E-state index contributed by atoms with van der Waals surface area (Å²) in [5.41, 5.74) is 3.07. The molecule has 2 rings (SSSR count). The van der Waals surface area contributed by atoms with Crippen molar-refractivity contribution in [1.29, 1.82) is 5.26 Å². The predicted octanol–water partition coefficient (Wildman–Crippen LogP) is 2.64. The molecule has 1 aromatic carbocycles. The standard InChI is InChI=1S/C16H23N3/c1-13-4-5-16(15(10-13)11-17)19-8-6-14(7-9-19)12-18(2)3/h4-5,10,14H,6-9,12H2,1-3H3. The van der Waals surface area contributed by atoms with Crippen molar-refractivity contribution in [2.45, 2.75) is 19.8 Å². The van der Waals surface area contributed by atoms with Crippen LogP contribution >= 0.6 is 0 Å². The highest BCUT2D eigenvalue weighted by atomic mass is 15.1. The summed E-state index contributed by atoms with van der Waals surface area (Å²) in [6.45, 7) is 5.34. The van der Waals surface area contributed by atoms with E-state index in [4.69, 9.17) is 0 Å². The Balaban J connectivity index is 2.04. The first-order chi connectivity index (χ1) is 9.10. The van der Waals surface area contributed by atoms with E-state index in [1.807, 2.05) is 13.0 Å². The third-order valence-corrected chi connectivity index (χ3v) is 3.85.